The SMILES string of the molecule is COCCOCCOc1ccc(C(=O)O)c(OCc2ccccc2)c1. The lowest BCUT2D eigenvalue weighted by Crippen LogP contribution is -2.10. The molecule has 6 nitrogen and oxygen atoms in total. The van der Waals surface area contributed by atoms with Crippen molar-refractivity contribution in [1.29, 1.82) is 0 Å². The van der Waals surface area contributed by atoms with Crippen LogP contribution in [0.25, 0.3) is 0 Å². The van der Waals surface area contributed by atoms with Gasteiger partial charge in [0.05, 0.1) is 19.8 Å². The Morgan fingerprint density at radius 2 is 1.72 bits per heavy atom. The van der Waals surface area contributed by atoms with Crippen LogP contribution in [0.5, 0.6) is 11.5 Å². The van der Waals surface area contributed by atoms with Crippen molar-refractivity contribution in [1.82, 2.24) is 0 Å². The van der Waals surface area contributed by atoms with Gasteiger partial charge < -0.3 is 24.1 Å². The number of methoxy groups -OCH3 is 1. The third-order valence-electron chi connectivity index (χ3n) is 3.35. The lowest BCUT2D eigenvalue weighted by Gasteiger charge is -2.12. The standard InChI is InChI=1S/C19H22O6/c1-22-9-10-23-11-12-24-16-7-8-17(19(20)21)18(13-16)25-14-15-5-3-2-4-6-15/h2-8,13H,9-12,14H2,1H3,(H,20,21). The van der Waals surface area contributed by atoms with Crippen molar-refractivity contribution in [3.05, 3.63) is 59.7 Å². The molecule has 0 amide bonds. The molecule has 0 atom stereocenters. The summed E-state index contributed by atoms with van der Waals surface area (Å²) in [5.74, 6) is -0.241. The van der Waals surface area contributed by atoms with Crippen molar-refractivity contribution in [2.45, 2.75) is 6.61 Å². The monoisotopic (exact) mass is 346 g/mol. The van der Waals surface area contributed by atoms with E-state index in [2.05, 4.69) is 0 Å². The molecule has 1 N–H and O–H groups in total. The molecule has 0 aromatic heterocycles. The Labute approximate surface area is 146 Å². The number of carboxylic acids is 1. The number of carboxylic acid groups (broad SMARTS) is 1. The first kappa shape index (κ1) is 18.8. The first-order valence-corrected chi connectivity index (χ1v) is 7.94. The van der Waals surface area contributed by atoms with Gasteiger partial charge in [0.1, 0.15) is 30.3 Å². The highest BCUT2D eigenvalue weighted by Gasteiger charge is 2.13. The van der Waals surface area contributed by atoms with E-state index in [1.54, 1.807) is 19.2 Å². The van der Waals surface area contributed by atoms with Gasteiger partial charge in [-0.15, -0.1) is 0 Å². The highest BCUT2D eigenvalue weighted by molar-refractivity contribution is 5.91. The molecule has 0 heterocycles. The molecule has 0 spiro atoms. The summed E-state index contributed by atoms with van der Waals surface area (Å²) in [6, 6.07) is 14.2. The summed E-state index contributed by atoms with van der Waals surface area (Å²) in [5, 5.41) is 9.30. The van der Waals surface area contributed by atoms with Crippen LogP contribution < -0.4 is 9.47 Å². The van der Waals surface area contributed by atoms with Crippen LogP contribution in [0.15, 0.2) is 48.5 Å². The molecule has 0 saturated heterocycles. The van der Waals surface area contributed by atoms with Crippen LogP contribution >= 0.6 is 0 Å². The summed E-state index contributed by atoms with van der Waals surface area (Å²) in [7, 11) is 1.61. The van der Waals surface area contributed by atoms with Gasteiger partial charge in [0.2, 0.25) is 0 Å². The topological polar surface area (TPSA) is 74.2 Å². The molecule has 6 heteroatoms. The van der Waals surface area contributed by atoms with Gasteiger partial charge in [0.25, 0.3) is 0 Å². The second-order valence-electron chi connectivity index (χ2n) is 5.19. The highest BCUT2D eigenvalue weighted by Crippen LogP contribution is 2.26. The van der Waals surface area contributed by atoms with Crippen molar-refractivity contribution in [2.24, 2.45) is 0 Å². The minimum atomic E-state index is -1.04. The molecule has 25 heavy (non-hydrogen) atoms. The van der Waals surface area contributed by atoms with E-state index in [9.17, 15) is 9.90 Å². The molecular weight excluding hydrogens is 324 g/mol. The molecule has 2 aromatic carbocycles. The van der Waals surface area contributed by atoms with Crippen LogP contribution in [-0.2, 0) is 16.1 Å². The summed E-state index contributed by atoms with van der Waals surface area (Å²) in [5.41, 5.74) is 1.05. The highest BCUT2D eigenvalue weighted by atomic mass is 16.5. The van der Waals surface area contributed by atoms with Crippen molar-refractivity contribution in [3.63, 3.8) is 0 Å². The van der Waals surface area contributed by atoms with Crippen LogP contribution in [0.2, 0.25) is 0 Å². The van der Waals surface area contributed by atoms with Gasteiger partial charge >= 0.3 is 5.97 Å². The Morgan fingerprint density at radius 1 is 0.960 bits per heavy atom. The van der Waals surface area contributed by atoms with E-state index >= 15 is 0 Å². The Balaban J connectivity index is 1.94. The zero-order chi connectivity index (χ0) is 17.9. The van der Waals surface area contributed by atoms with Crippen LogP contribution in [0, 0.1) is 0 Å². The maximum atomic E-state index is 11.4. The van der Waals surface area contributed by atoms with Crippen molar-refractivity contribution in [3.8, 4) is 11.5 Å². The summed E-state index contributed by atoms with van der Waals surface area (Å²) >= 11 is 0. The Bertz CT molecular complexity index is 656. The number of aromatic carboxylic acids is 1. The van der Waals surface area contributed by atoms with E-state index in [-0.39, 0.29) is 17.9 Å². The van der Waals surface area contributed by atoms with Crippen LogP contribution in [0.4, 0.5) is 0 Å². The molecule has 2 aromatic rings. The molecule has 134 valence electrons. The lowest BCUT2D eigenvalue weighted by molar-refractivity contribution is 0.0543. The molecule has 2 rings (SSSR count). The first-order chi connectivity index (χ1) is 12.2. The van der Waals surface area contributed by atoms with E-state index in [0.29, 0.717) is 32.2 Å². The van der Waals surface area contributed by atoms with Gasteiger partial charge in [0, 0.05) is 13.2 Å². The first-order valence-electron chi connectivity index (χ1n) is 7.94. The predicted octanol–water partition coefficient (Wildman–Crippen LogP) is 3.01. The number of hydrogen-bond acceptors (Lipinski definition) is 5. The second-order valence-corrected chi connectivity index (χ2v) is 5.19. The largest absolute Gasteiger partial charge is 0.491 e. The third-order valence-corrected chi connectivity index (χ3v) is 3.35. The van der Waals surface area contributed by atoms with E-state index in [0.717, 1.165) is 5.56 Å². The van der Waals surface area contributed by atoms with Gasteiger partial charge in [-0.2, -0.15) is 0 Å². The van der Waals surface area contributed by atoms with E-state index in [1.807, 2.05) is 30.3 Å². The molecule has 0 aliphatic heterocycles. The molecule has 0 radical (unpaired) electrons. The fourth-order valence-electron chi connectivity index (χ4n) is 2.09. The van der Waals surface area contributed by atoms with Crippen LogP contribution in [0.3, 0.4) is 0 Å². The summed E-state index contributed by atoms with van der Waals surface area (Å²) < 4.78 is 21.5. The maximum Gasteiger partial charge on any atom is 0.339 e. The van der Waals surface area contributed by atoms with Gasteiger partial charge in [0.15, 0.2) is 0 Å². The molecule has 0 saturated carbocycles. The van der Waals surface area contributed by atoms with Gasteiger partial charge in [-0.3, -0.25) is 0 Å². The van der Waals surface area contributed by atoms with E-state index < -0.39 is 5.97 Å². The summed E-state index contributed by atoms with van der Waals surface area (Å²) in [4.78, 5) is 11.4. The zero-order valence-corrected chi connectivity index (χ0v) is 14.1. The molecule has 0 unspecified atom stereocenters. The van der Waals surface area contributed by atoms with Gasteiger partial charge in [-0.25, -0.2) is 4.79 Å². The average molecular weight is 346 g/mol. The van der Waals surface area contributed by atoms with Crippen molar-refractivity contribution >= 4 is 5.97 Å². The fraction of sp³-hybridized carbons (Fsp3) is 0.316. The normalized spacial score (nSPS) is 10.4. The van der Waals surface area contributed by atoms with Gasteiger partial charge in [-0.05, 0) is 17.7 Å². The quantitative estimate of drug-likeness (QED) is 0.631. The Morgan fingerprint density at radius 3 is 2.44 bits per heavy atom. The number of hydrogen-bond donors (Lipinski definition) is 1. The van der Waals surface area contributed by atoms with Gasteiger partial charge in [-0.1, -0.05) is 30.3 Å². The van der Waals surface area contributed by atoms with Crippen molar-refractivity contribution in [2.75, 3.05) is 33.5 Å². The summed E-state index contributed by atoms with van der Waals surface area (Å²) in [6.07, 6.45) is 0. The minimum Gasteiger partial charge on any atom is -0.491 e. The zero-order valence-electron chi connectivity index (χ0n) is 14.1. The molecule has 0 aliphatic carbocycles. The lowest BCUT2D eigenvalue weighted by atomic mass is 10.2. The molecule has 0 fully saturated rings. The Kier molecular flexibility index (Phi) is 7.75. The third kappa shape index (κ3) is 6.45. The smallest absolute Gasteiger partial charge is 0.339 e. The van der Waals surface area contributed by atoms with E-state index in [4.69, 9.17) is 18.9 Å². The molecular formula is C19H22O6. The van der Waals surface area contributed by atoms with Crippen LogP contribution in [-0.4, -0.2) is 44.6 Å². The molecule has 0 aliphatic rings. The van der Waals surface area contributed by atoms with E-state index in [1.165, 1.54) is 6.07 Å². The van der Waals surface area contributed by atoms with Crippen molar-refractivity contribution < 1.29 is 28.8 Å². The number of carbonyl (C=O) groups is 1. The number of rotatable bonds is 11. The average Bonchev–Trinajstić information content (AvgIpc) is 2.63. The minimum absolute atomic E-state index is 0.0969. The fourth-order valence-corrected chi connectivity index (χ4v) is 2.09. The maximum absolute atomic E-state index is 11.4. The predicted molar refractivity (Wildman–Crippen MR) is 92.4 cm³/mol. The Hall–Kier alpha value is -2.57. The van der Waals surface area contributed by atoms with Crippen LogP contribution in [0.1, 0.15) is 15.9 Å². The number of benzene rings is 2. The summed E-state index contributed by atoms with van der Waals surface area (Å²) in [6.45, 7) is 2.09. The second kappa shape index (κ2) is 10.3. The number of ether oxygens (including phenoxy) is 4. The molecule has 0 bridgehead atoms.